The fraction of sp³-hybridized carbons (Fsp3) is 0.188. The van der Waals surface area contributed by atoms with Gasteiger partial charge >= 0.3 is 7.12 Å². The van der Waals surface area contributed by atoms with E-state index in [4.69, 9.17) is 0 Å². The third kappa shape index (κ3) is 3.82. The number of carbonyl (C=O) groups is 4. The van der Waals surface area contributed by atoms with E-state index >= 15 is 0 Å². The summed E-state index contributed by atoms with van der Waals surface area (Å²) in [6.45, 7) is 0. The Morgan fingerprint density at radius 1 is 0.881 bits per heavy atom. The Morgan fingerprint density at radius 3 is 2.40 bits per heavy atom. The summed E-state index contributed by atoms with van der Waals surface area (Å²) in [7, 11) is -1.76. The molecule has 0 unspecified atom stereocenters. The van der Waals surface area contributed by atoms with Crippen molar-refractivity contribution in [1.29, 1.82) is 0 Å². The predicted molar refractivity (Wildman–Crippen MR) is 159 cm³/mol. The maximum atomic E-state index is 14.1. The van der Waals surface area contributed by atoms with Gasteiger partial charge in [0.2, 0.25) is 11.8 Å². The molecule has 1 heterocycles. The predicted octanol–water partition coefficient (Wildman–Crippen LogP) is 3.19. The van der Waals surface area contributed by atoms with Crippen molar-refractivity contribution in [3.63, 3.8) is 0 Å². The maximum absolute atomic E-state index is 14.1. The number of rotatable bonds is 3. The molecule has 0 aromatic heterocycles. The Balaban J connectivity index is 1.39. The van der Waals surface area contributed by atoms with Gasteiger partial charge in [0.1, 0.15) is 5.75 Å². The number of aromatic hydroxyl groups is 1. The van der Waals surface area contributed by atoms with E-state index in [9.17, 15) is 34.3 Å². The molecule has 42 heavy (non-hydrogen) atoms. The second kappa shape index (κ2) is 9.73. The highest BCUT2D eigenvalue weighted by molar-refractivity contribution is 9.12. The first kappa shape index (κ1) is 26.8. The summed E-state index contributed by atoms with van der Waals surface area (Å²) in [6, 6.07) is 16.6. The largest absolute Gasteiger partial charge is 0.507 e. The third-order valence-electron chi connectivity index (χ3n) is 9.00. The molecule has 1 saturated heterocycles. The van der Waals surface area contributed by atoms with Gasteiger partial charge in [-0.25, -0.2) is 0 Å². The monoisotopic (exact) mass is 623 g/mol. The lowest BCUT2D eigenvalue weighted by Gasteiger charge is -2.42. The zero-order valence-electron chi connectivity index (χ0n) is 22.0. The van der Waals surface area contributed by atoms with Gasteiger partial charge in [-0.15, -0.1) is 0 Å². The summed E-state index contributed by atoms with van der Waals surface area (Å²) in [6.07, 6.45) is 3.63. The van der Waals surface area contributed by atoms with E-state index in [1.54, 1.807) is 30.3 Å². The molecule has 4 atom stereocenters. The second-order valence-electron chi connectivity index (χ2n) is 11.1. The number of phenolic OH excluding ortho intramolecular Hbond substituents is 1. The van der Waals surface area contributed by atoms with Gasteiger partial charge in [0.25, 0.3) is 0 Å². The van der Waals surface area contributed by atoms with Gasteiger partial charge in [-0.3, -0.25) is 24.1 Å². The number of Topliss-reactive ketones (excluding diaryl/α,β-unsaturated/α-hetero) is 1. The van der Waals surface area contributed by atoms with Crippen LogP contribution in [0, 0.1) is 17.8 Å². The van der Waals surface area contributed by atoms with Crippen LogP contribution in [0.15, 0.2) is 94.0 Å². The van der Waals surface area contributed by atoms with Gasteiger partial charge in [0.15, 0.2) is 11.6 Å². The Morgan fingerprint density at radius 2 is 1.64 bits per heavy atom. The number of anilines is 1. The van der Waals surface area contributed by atoms with Crippen LogP contribution >= 0.6 is 15.9 Å². The summed E-state index contributed by atoms with van der Waals surface area (Å²) in [5.74, 6) is -3.95. The van der Waals surface area contributed by atoms with Crippen molar-refractivity contribution in [2.45, 2.75) is 18.8 Å². The van der Waals surface area contributed by atoms with E-state index < -0.39 is 36.7 Å². The standard InChI is InChI=1S/C32H23BBrNO7/c34-24-14-26(37)29-23(30(24)38)13-22-20(27(29)19-10-11-25(36)18-7-2-1-6-17(18)19)8-9-21-28(22)32(40)35(31(21)39)16-5-3-4-15(12-16)33(41)42/h1-8,10-12,14,21-22,27-28,36,41-42H,9,13H2/t21-,22+,27-,28-/m0/s1. The first-order valence-corrected chi connectivity index (χ1v) is 14.4. The summed E-state index contributed by atoms with van der Waals surface area (Å²) < 4.78 is 0.148. The number of nitrogens with zero attached hydrogens (tertiary/aromatic N) is 1. The Labute approximate surface area is 248 Å². The molecule has 208 valence electrons. The van der Waals surface area contributed by atoms with Crippen LogP contribution in [-0.2, 0) is 19.2 Å². The molecule has 0 bridgehead atoms. The van der Waals surface area contributed by atoms with Gasteiger partial charge in [0.05, 0.1) is 22.0 Å². The van der Waals surface area contributed by atoms with Gasteiger partial charge < -0.3 is 15.2 Å². The number of phenols is 1. The van der Waals surface area contributed by atoms with Crippen molar-refractivity contribution in [1.82, 2.24) is 0 Å². The summed E-state index contributed by atoms with van der Waals surface area (Å²) in [5, 5.41) is 31.2. The molecule has 3 aliphatic carbocycles. The molecule has 4 aliphatic rings. The van der Waals surface area contributed by atoms with Crippen LogP contribution in [0.1, 0.15) is 24.3 Å². The number of halogens is 1. The molecule has 3 aromatic rings. The normalized spacial score (nSPS) is 25.3. The average Bonchev–Trinajstić information content (AvgIpc) is 3.25. The maximum Gasteiger partial charge on any atom is 0.488 e. The lowest BCUT2D eigenvalue weighted by atomic mass is 9.59. The molecule has 1 aliphatic heterocycles. The van der Waals surface area contributed by atoms with E-state index in [1.165, 1.54) is 18.2 Å². The second-order valence-corrected chi connectivity index (χ2v) is 11.9. The van der Waals surface area contributed by atoms with Gasteiger partial charge in [-0.1, -0.05) is 54.1 Å². The zero-order chi connectivity index (χ0) is 29.4. The van der Waals surface area contributed by atoms with Crippen molar-refractivity contribution in [2.24, 2.45) is 17.8 Å². The number of hydrogen-bond donors (Lipinski definition) is 3. The van der Waals surface area contributed by atoms with Gasteiger partial charge in [-0.05, 0) is 69.3 Å². The lowest BCUT2D eigenvalue weighted by Crippen LogP contribution is -2.39. The molecule has 0 saturated carbocycles. The molecule has 2 amide bonds. The Kier molecular flexibility index (Phi) is 6.20. The van der Waals surface area contributed by atoms with Gasteiger partial charge in [-0.2, -0.15) is 0 Å². The van der Waals surface area contributed by atoms with Crippen molar-refractivity contribution < 1.29 is 34.3 Å². The van der Waals surface area contributed by atoms with Crippen LogP contribution in [0.5, 0.6) is 5.75 Å². The number of imide groups is 1. The molecule has 0 radical (unpaired) electrons. The first-order chi connectivity index (χ1) is 20.2. The highest BCUT2D eigenvalue weighted by Crippen LogP contribution is 2.56. The lowest BCUT2D eigenvalue weighted by molar-refractivity contribution is -0.123. The third-order valence-corrected chi connectivity index (χ3v) is 9.59. The van der Waals surface area contributed by atoms with Crippen molar-refractivity contribution in [3.05, 3.63) is 99.6 Å². The molecule has 10 heteroatoms. The van der Waals surface area contributed by atoms with Crippen LogP contribution < -0.4 is 10.4 Å². The molecule has 3 N–H and O–H groups in total. The van der Waals surface area contributed by atoms with Crippen molar-refractivity contribution in [2.75, 3.05) is 4.90 Å². The highest BCUT2D eigenvalue weighted by atomic mass is 79.9. The van der Waals surface area contributed by atoms with E-state index in [-0.39, 0.29) is 51.7 Å². The first-order valence-electron chi connectivity index (χ1n) is 13.6. The summed E-state index contributed by atoms with van der Waals surface area (Å²) in [4.78, 5) is 55.9. The number of hydrogen-bond acceptors (Lipinski definition) is 7. The minimum absolute atomic E-state index is 0.0877. The van der Waals surface area contributed by atoms with Crippen molar-refractivity contribution in [3.8, 4) is 5.75 Å². The van der Waals surface area contributed by atoms with Crippen LogP contribution in [0.2, 0.25) is 0 Å². The minimum atomic E-state index is -1.76. The van der Waals surface area contributed by atoms with E-state index in [0.717, 1.165) is 21.4 Å². The SMILES string of the molecule is O=C1C=C(Br)C(=O)C2=C1[C@@H](c1ccc(O)c3ccccc13)C1=CC[C@@H]3C(=O)N(c4cccc(B(O)O)c4)C(=O)[C@@H]3[C@@H]1C2. The quantitative estimate of drug-likeness (QED) is 0.177. The molecular weight excluding hydrogens is 601 g/mol. The summed E-state index contributed by atoms with van der Waals surface area (Å²) in [5.41, 5.74) is 2.62. The molecule has 7 rings (SSSR count). The van der Waals surface area contributed by atoms with Crippen molar-refractivity contribution >= 4 is 68.4 Å². The topological polar surface area (TPSA) is 132 Å². The molecule has 3 aromatic carbocycles. The molecular formula is C32H23BBrNO7. The fourth-order valence-electron chi connectivity index (χ4n) is 7.20. The number of ketones is 2. The molecule has 0 spiro atoms. The number of allylic oxidation sites excluding steroid dienone is 6. The number of fused-ring (bicyclic) bond motifs is 4. The van der Waals surface area contributed by atoms with Crippen LogP contribution in [0.25, 0.3) is 10.8 Å². The van der Waals surface area contributed by atoms with Gasteiger partial charge in [0, 0.05) is 28.5 Å². The number of benzene rings is 3. The smallest absolute Gasteiger partial charge is 0.488 e. The molecule has 8 nitrogen and oxygen atoms in total. The average molecular weight is 624 g/mol. The Hall–Kier alpha value is -4.12. The highest BCUT2D eigenvalue weighted by Gasteiger charge is 2.56. The van der Waals surface area contributed by atoms with E-state index in [2.05, 4.69) is 15.9 Å². The van der Waals surface area contributed by atoms with Crippen LogP contribution in [0.3, 0.4) is 0 Å². The van der Waals surface area contributed by atoms with E-state index in [1.807, 2.05) is 24.3 Å². The van der Waals surface area contributed by atoms with Crippen LogP contribution in [-0.4, -0.2) is 45.7 Å². The Bertz CT molecular complexity index is 1860. The molecule has 1 fully saturated rings. The fourth-order valence-corrected chi connectivity index (χ4v) is 7.65. The number of amides is 2. The van der Waals surface area contributed by atoms with Crippen LogP contribution in [0.4, 0.5) is 5.69 Å². The zero-order valence-corrected chi connectivity index (χ0v) is 23.6. The van der Waals surface area contributed by atoms with E-state index in [0.29, 0.717) is 16.5 Å². The minimum Gasteiger partial charge on any atom is -0.507 e. The number of carbonyl (C=O) groups excluding carboxylic acids is 4. The summed E-state index contributed by atoms with van der Waals surface area (Å²) >= 11 is 3.24.